The van der Waals surface area contributed by atoms with E-state index >= 15 is 0 Å². The molecule has 3 rings (SSSR count). The Hall–Kier alpha value is -1.35. The van der Waals surface area contributed by atoms with Gasteiger partial charge in [0.25, 0.3) is 0 Å². The first kappa shape index (κ1) is 15.5. The third-order valence-corrected chi connectivity index (χ3v) is 5.04. The first-order valence-electron chi connectivity index (χ1n) is 8.69. The minimum Gasteiger partial charge on any atom is -0.378 e. The maximum absolute atomic E-state index is 12.8. The van der Waals surface area contributed by atoms with Crippen LogP contribution in [0.4, 0.5) is 0 Å². The monoisotopic (exact) mass is 301 g/mol. The molecule has 0 N–H and O–H groups in total. The van der Waals surface area contributed by atoms with Crippen molar-refractivity contribution >= 4 is 5.91 Å². The summed E-state index contributed by atoms with van der Waals surface area (Å²) in [5.41, 5.74) is 4.08. The third-order valence-electron chi connectivity index (χ3n) is 5.04. The highest BCUT2D eigenvalue weighted by molar-refractivity contribution is 5.77. The normalized spacial score (nSPS) is 24.9. The van der Waals surface area contributed by atoms with Crippen molar-refractivity contribution in [1.82, 2.24) is 4.90 Å². The van der Waals surface area contributed by atoms with Crippen LogP contribution in [0.2, 0.25) is 0 Å². The quantitative estimate of drug-likeness (QED) is 0.850. The average molecular weight is 301 g/mol. The molecule has 1 amide bonds. The Bertz CT molecular complexity index is 534. The van der Waals surface area contributed by atoms with Crippen LogP contribution < -0.4 is 0 Å². The molecule has 2 aliphatic heterocycles. The standard InChI is InChI=1S/C19H27NO2/c1-3-18-17-8-7-14(2)12-15(17)9-10-20(18)19(21)13-16-6-4-5-11-22-16/h7-8,12,16,18H,3-6,9-11,13H2,1-2H3. The van der Waals surface area contributed by atoms with Crippen molar-refractivity contribution in [2.45, 2.75) is 64.5 Å². The van der Waals surface area contributed by atoms with Crippen LogP contribution in [0.15, 0.2) is 18.2 Å². The van der Waals surface area contributed by atoms with E-state index in [0.29, 0.717) is 6.42 Å². The largest absolute Gasteiger partial charge is 0.378 e. The number of carbonyl (C=O) groups is 1. The number of carbonyl (C=O) groups excluding carboxylic acids is 1. The number of ether oxygens (including phenoxy) is 1. The van der Waals surface area contributed by atoms with E-state index in [1.807, 2.05) is 0 Å². The summed E-state index contributed by atoms with van der Waals surface area (Å²) in [7, 11) is 0. The molecule has 2 unspecified atom stereocenters. The molecule has 0 aliphatic carbocycles. The van der Waals surface area contributed by atoms with Gasteiger partial charge in [0, 0.05) is 13.2 Å². The second-order valence-electron chi connectivity index (χ2n) is 6.66. The summed E-state index contributed by atoms with van der Waals surface area (Å²) < 4.78 is 5.75. The van der Waals surface area contributed by atoms with Gasteiger partial charge in [-0.3, -0.25) is 4.79 Å². The van der Waals surface area contributed by atoms with Gasteiger partial charge in [0.2, 0.25) is 5.91 Å². The zero-order valence-electron chi connectivity index (χ0n) is 13.8. The van der Waals surface area contributed by atoms with Gasteiger partial charge in [-0.1, -0.05) is 30.7 Å². The molecule has 2 heterocycles. The van der Waals surface area contributed by atoms with Crippen LogP contribution in [0.5, 0.6) is 0 Å². The molecule has 0 aromatic heterocycles. The fourth-order valence-corrected chi connectivity index (χ4v) is 3.86. The summed E-state index contributed by atoms with van der Waals surface area (Å²) in [5.74, 6) is 0.268. The highest BCUT2D eigenvalue weighted by Crippen LogP contribution is 2.33. The van der Waals surface area contributed by atoms with Crippen molar-refractivity contribution in [1.29, 1.82) is 0 Å². The van der Waals surface area contributed by atoms with Crippen LogP contribution in [0.1, 0.15) is 61.8 Å². The second kappa shape index (κ2) is 6.82. The lowest BCUT2D eigenvalue weighted by molar-refractivity contribution is -0.138. The van der Waals surface area contributed by atoms with Gasteiger partial charge in [0.15, 0.2) is 0 Å². The second-order valence-corrected chi connectivity index (χ2v) is 6.66. The zero-order valence-corrected chi connectivity index (χ0v) is 13.8. The van der Waals surface area contributed by atoms with E-state index in [-0.39, 0.29) is 18.1 Å². The maximum atomic E-state index is 12.8. The van der Waals surface area contributed by atoms with Crippen LogP contribution in [-0.4, -0.2) is 30.1 Å². The molecule has 2 atom stereocenters. The van der Waals surface area contributed by atoms with Gasteiger partial charge in [-0.2, -0.15) is 0 Å². The van der Waals surface area contributed by atoms with Gasteiger partial charge in [0.1, 0.15) is 0 Å². The van der Waals surface area contributed by atoms with Crippen LogP contribution in [-0.2, 0) is 16.0 Å². The van der Waals surface area contributed by atoms with E-state index < -0.39 is 0 Å². The van der Waals surface area contributed by atoms with Crippen LogP contribution in [0.3, 0.4) is 0 Å². The fourth-order valence-electron chi connectivity index (χ4n) is 3.86. The fraction of sp³-hybridized carbons (Fsp3) is 0.632. The number of fused-ring (bicyclic) bond motifs is 1. The summed E-state index contributed by atoms with van der Waals surface area (Å²) >= 11 is 0. The lowest BCUT2D eigenvalue weighted by atomic mass is 9.89. The van der Waals surface area contributed by atoms with Crippen LogP contribution >= 0.6 is 0 Å². The lowest BCUT2D eigenvalue weighted by Crippen LogP contribution is -2.41. The van der Waals surface area contributed by atoms with Crippen molar-refractivity contribution in [2.75, 3.05) is 13.2 Å². The summed E-state index contributed by atoms with van der Waals surface area (Å²) in [6, 6.07) is 6.90. The molecular formula is C19H27NO2. The van der Waals surface area contributed by atoms with Crippen molar-refractivity contribution in [3.8, 4) is 0 Å². The van der Waals surface area contributed by atoms with Gasteiger partial charge >= 0.3 is 0 Å². The molecule has 0 bridgehead atoms. The third kappa shape index (κ3) is 3.19. The Kier molecular flexibility index (Phi) is 4.82. The van der Waals surface area contributed by atoms with Gasteiger partial charge in [-0.05, 0) is 50.2 Å². The van der Waals surface area contributed by atoms with Crippen molar-refractivity contribution in [3.05, 3.63) is 34.9 Å². The molecule has 0 spiro atoms. The highest BCUT2D eigenvalue weighted by Gasteiger charge is 2.31. The predicted molar refractivity (Wildman–Crippen MR) is 87.8 cm³/mol. The number of hydrogen-bond acceptors (Lipinski definition) is 2. The molecule has 22 heavy (non-hydrogen) atoms. The lowest BCUT2D eigenvalue weighted by Gasteiger charge is -2.38. The summed E-state index contributed by atoms with van der Waals surface area (Å²) in [6.07, 6.45) is 6.01. The molecule has 3 nitrogen and oxygen atoms in total. The van der Waals surface area contributed by atoms with Gasteiger partial charge < -0.3 is 9.64 Å². The Morgan fingerprint density at radius 1 is 1.36 bits per heavy atom. The van der Waals surface area contributed by atoms with E-state index in [4.69, 9.17) is 4.74 Å². The predicted octanol–water partition coefficient (Wildman–Crippen LogP) is 3.79. The van der Waals surface area contributed by atoms with Crippen LogP contribution in [0, 0.1) is 6.92 Å². The molecule has 0 saturated carbocycles. The number of benzene rings is 1. The van der Waals surface area contributed by atoms with Crippen molar-refractivity contribution in [2.24, 2.45) is 0 Å². The summed E-state index contributed by atoms with van der Waals surface area (Å²) in [4.78, 5) is 14.9. The summed E-state index contributed by atoms with van der Waals surface area (Å²) in [5, 5.41) is 0. The topological polar surface area (TPSA) is 29.5 Å². The van der Waals surface area contributed by atoms with E-state index in [0.717, 1.165) is 38.8 Å². The molecule has 120 valence electrons. The van der Waals surface area contributed by atoms with Gasteiger partial charge in [-0.25, -0.2) is 0 Å². The highest BCUT2D eigenvalue weighted by atomic mass is 16.5. The number of amides is 1. The minimum absolute atomic E-state index is 0.137. The zero-order chi connectivity index (χ0) is 15.5. The van der Waals surface area contributed by atoms with E-state index in [2.05, 4.69) is 36.9 Å². The van der Waals surface area contributed by atoms with Crippen molar-refractivity contribution < 1.29 is 9.53 Å². The SMILES string of the molecule is CCC1c2ccc(C)cc2CCN1C(=O)CC1CCCCO1. The molecule has 2 aliphatic rings. The smallest absolute Gasteiger partial charge is 0.225 e. The van der Waals surface area contributed by atoms with Crippen LogP contribution in [0.25, 0.3) is 0 Å². The van der Waals surface area contributed by atoms with E-state index in [1.54, 1.807) is 0 Å². The number of nitrogens with zero attached hydrogens (tertiary/aromatic N) is 1. The molecule has 1 saturated heterocycles. The molecule has 3 heteroatoms. The molecule has 1 aromatic rings. The first-order chi connectivity index (χ1) is 10.7. The number of aryl methyl sites for hydroxylation is 1. The first-order valence-corrected chi connectivity index (χ1v) is 8.69. The van der Waals surface area contributed by atoms with E-state index in [1.165, 1.54) is 23.1 Å². The van der Waals surface area contributed by atoms with Gasteiger partial charge in [0.05, 0.1) is 18.6 Å². The summed E-state index contributed by atoms with van der Waals surface area (Å²) in [6.45, 7) is 5.98. The minimum atomic E-state index is 0.137. The molecular weight excluding hydrogens is 274 g/mol. The Labute approximate surface area is 133 Å². The average Bonchev–Trinajstić information content (AvgIpc) is 2.54. The molecule has 1 fully saturated rings. The number of hydrogen-bond donors (Lipinski definition) is 0. The molecule has 1 aromatic carbocycles. The van der Waals surface area contributed by atoms with Gasteiger partial charge in [-0.15, -0.1) is 0 Å². The number of rotatable bonds is 3. The van der Waals surface area contributed by atoms with E-state index in [9.17, 15) is 4.79 Å². The Morgan fingerprint density at radius 3 is 2.95 bits per heavy atom. The Balaban J connectivity index is 1.73. The maximum Gasteiger partial charge on any atom is 0.225 e. The van der Waals surface area contributed by atoms with Crippen molar-refractivity contribution in [3.63, 3.8) is 0 Å². The molecule has 0 radical (unpaired) electrons. The Morgan fingerprint density at radius 2 is 2.23 bits per heavy atom.